The van der Waals surface area contributed by atoms with Crippen LogP contribution in [0.3, 0.4) is 0 Å². The minimum Gasteiger partial charge on any atom is -0.380 e. The van der Waals surface area contributed by atoms with Gasteiger partial charge < -0.3 is 15.0 Å². The lowest BCUT2D eigenvalue weighted by atomic mass is 10.1. The van der Waals surface area contributed by atoms with Crippen molar-refractivity contribution in [2.45, 2.75) is 39.8 Å². The van der Waals surface area contributed by atoms with E-state index in [1.165, 1.54) is 5.56 Å². The Morgan fingerprint density at radius 1 is 1.32 bits per heavy atom. The normalized spacial score (nSPS) is 11.6. The Morgan fingerprint density at radius 2 is 2.05 bits per heavy atom. The van der Waals surface area contributed by atoms with Crippen LogP contribution < -0.4 is 10.2 Å². The molecular weight excluding hydrogens is 238 g/mol. The van der Waals surface area contributed by atoms with Crippen molar-refractivity contribution in [3.05, 3.63) is 23.9 Å². The maximum Gasteiger partial charge on any atom is 0.128 e. The molecule has 19 heavy (non-hydrogen) atoms. The van der Waals surface area contributed by atoms with Crippen molar-refractivity contribution >= 4 is 5.82 Å². The minimum atomic E-state index is 0.132. The molecule has 0 unspecified atom stereocenters. The van der Waals surface area contributed by atoms with E-state index >= 15 is 0 Å². The molecule has 0 aromatic carbocycles. The van der Waals surface area contributed by atoms with Gasteiger partial charge in [-0.1, -0.05) is 6.07 Å². The first-order chi connectivity index (χ1) is 8.92. The molecule has 0 aliphatic rings. The molecule has 1 aromatic rings. The lowest BCUT2D eigenvalue weighted by molar-refractivity contribution is 0.154. The van der Waals surface area contributed by atoms with Crippen LogP contribution >= 0.6 is 0 Å². The fourth-order valence-electron chi connectivity index (χ4n) is 1.57. The molecule has 0 radical (unpaired) electrons. The molecule has 108 valence electrons. The SMILES string of the molecule is CCOCCN(C)c1ccc(CNC(C)(C)C)cn1. The Hall–Kier alpha value is -1.13. The summed E-state index contributed by atoms with van der Waals surface area (Å²) in [6.07, 6.45) is 1.94. The lowest BCUT2D eigenvalue weighted by Crippen LogP contribution is -2.35. The first-order valence-corrected chi connectivity index (χ1v) is 6.91. The summed E-state index contributed by atoms with van der Waals surface area (Å²) >= 11 is 0. The second kappa shape index (κ2) is 7.46. The topological polar surface area (TPSA) is 37.4 Å². The molecule has 4 heteroatoms. The van der Waals surface area contributed by atoms with Crippen LogP contribution in [0.25, 0.3) is 0 Å². The van der Waals surface area contributed by atoms with E-state index in [1.807, 2.05) is 20.2 Å². The number of hydrogen-bond donors (Lipinski definition) is 1. The second-order valence-corrected chi connectivity index (χ2v) is 5.75. The van der Waals surface area contributed by atoms with Crippen LogP contribution in [0.15, 0.2) is 18.3 Å². The summed E-state index contributed by atoms with van der Waals surface area (Å²) in [7, 11) is 2.04. The molecule has 0 bridgehead atoms. The standard InChI is InChI=1S/C15H27N3O/c1-6-19-10-9-18(5)14-8-7-13(11-16-14)12-17-15(2,3)4/h7-8,11,17H,6,9-10,12H2,1-5H3. The molecule has 1 rings (SSSR count). The van der Waals surface area contributed by atoms with Gasteiger partial charge in [0.05, 0.1) is 6.61 Å². The van der Waals surface area contributed by atoms with Crippen LogP contribution in [0.2, 0.25) is 0 Å². The zero-order chi connectivity index (χ0) is 14.3. The van der Waals surface area contributed by atoms with Gasteiger partial charge in [0, 0.05) is 38.5 Å². The van der Waals surface area contributed by atoms with Crippen LogP contribution in [0.4, 0.5) is 5.82 Å². The van der Waals surface area contributed by atoms with E-state index in [2.05, 4.69) is 48.1 Å². The van der Waals surface area contributed by atoms with E-state index in [4.69, 9.17) is 4.74 Å². The van der Waals surface area contributed by atoms with E-state index in [-0.39, 0.29) is 5.54 Å². The van der Waals surface area contributed by atoms with Gasteiger partial charge in [-0.15, -0.1) is 0 Å². The summed E-state index contributed by atoms with van der Waals surface area (Å²) in [5.74, 6) is 0.985. The van der Waals surface area contributed by atoms with E-state index in [1.54, 1.807) is 0 Å². The number of pyridine rings is 1. The molecular formula is C15H27N3O. The van der Waals surface area contributed by atoms with Gasteiger partial charge in [0.1, 0.15) is 5.82 Å². The lowest BCUT2D eigenvalue weighted by Gasteiger charge is -2.21. The molecule has 0 aliphatic heterocycles. The molecule has 1 aromatic heterocycles. The van der Waals surface area contributed by atoms with E-state index < -0.39 is 0 Å². The maximum absolute atomic E-state index is 5.35. The number of anilines is 1. The summed E-state index contributed by atoms with van der Waals surface area (Å²) < 4.78 is 5.35. The van der Waals surface area contributed by atoms with Crippen LogP contribution in [-0.4, -0.2) is 37.3 Å². The van der Waals surface area contributed by atoms with Gasteiger partial charge in [0.2, 0.25) is 0 Å². The average Bonchev–Trinajstić information content (AvgIpc) is 2.36. The van der Waals surface area contributed by atoms with Crippen molar-refractivity contribution in [2.75, 3.05) is 31.7 Å². The van der Waals surface area contributed by atoms with E-state index in [9.17, 15) is 0 Å². The fourth-order valence-corrected chi connectivity index (χ4v) is 1.57. The highest BCUT2D eigenvalue weighted by Gasteiger charge is 2.08. The van der Waals surface area contributed by atoms with Crippen molar-refractivity contribution in [1.82, 2.24) is 10.3 Å². The minimum absolute atomic E-state index is 0.132. The number of likely N-dealkylation sites (N-methyl/N-ethyl adjacent to an activating group) is 1. The smallest absolute Gasteiger partial charge is 0.128 e. The fraction of sp³-hybridized carbons (Fsp3) is 0.667. The van der Waals surface area contributed by atoms with Gasteiger partial charge in [0.15, 0.2) is 0 Å². The van der Waals surface area contributed by atoms with Crippen LogP contribution in [-0.2, 0) is 11.3 Å². The van der Waals surface area contributed by atoms with Crippen molar-refractivity contribution < 1.29 is 4.74 Å². The van der Waals surface area contributed by atoms with Gasteiger partial charge in [-0.3, -0.25) is 0 Å². The summed E-state index contributed by atoms with van der Waals surface area (Å²) in [4.78, 5) is 6.60. The predicted octanol–water partition coefficient (Wildman–Crippen LogP) is 2.44. The molecule has 0 saturated heterocycles. The highest BCUT2D eigenvalue weighted by atomic mass is 16.5. The quantitative estimate of drug-likeness (QED) is 0.768. The van der Waals surface area contributed by atoms with Crippen LogP contribution in [0, 0.1) is 0 Å². The van der Waals surface area contributed by atoms with E-state index in [0.29, 0.717) is 0 Å². The van der Waals surface area contributed by atoms with Crippen molar-refractivity contribution in [2.24, 2.45) is 0 Å². The summed E-state index contributed by atoms with van der Waals surface area (Å²) in [6, 6.07) is 4.18. The van der Waals surface area contributed by atoms with Crippen molar-refractivity contribution in [3.63, 3.8) is 0 Å². The molecule has 0 saturated carbocycles. The maximum atomic E-state index is 5.35. The zero-order valence-electron chi connectivity index (χ0n) is 12.9. The Balaban J connectivity index is 2.46. The Bertz CT molecular complexity index is 357. The van der Waals surface area contributed by atoms with Gasteiger partial charge in [-0.2, -0.15) is 0 Å². The first-order valence-electron chi connectivity index (χ1n) is 6.91. The van der Waals surface area contributed by atoms with Crippen LogP contribution in [0.5, 0.6) is 0 Å². The van der Waals surface area contributed by atoms with E-state index in [0.717, 1.165) is 32.1 Å². The molecule has 0 fully saturated rings. The summed E-state index contributed by atoms with van der Waals surface area (Å²) in [5.41, 5.74) is 1.34. The Labute approximate surface area is 117 Å². The number of nitrogens with one attached hydrogen (secondary N) is 1. The second-order valence-electron chi connectivity index (χ2n) is 5.75. The predicted molar refractivity (Wildman–Crippen MR) is 80.6 cm³/mol. The molecule has 4 nitrogen and oxygen atoms in total. The van der Waals surface area contributed by atoms with Crippen LogP contribution in [0.1, 0.15) is 33.3 Å². The molecule has 0 aliphatic carbocycles. The molecule has 0 amide bonds. The monoisotopic (exact) mass is 265 g/mol. The van der Waals surface area contributed by atoms with Gasteiger partial charge >= 0.3 is 0 Å². The highest BCUT2D eigenvalue weighted by molar-refractivity contribution is 5.38. The number of hydrogen-bond acceptors (Lipinski definition) is 4. The number of ether oxygens (including phenoxy) is 1. The molecule has 0 atom stereocenters. The number of aromatic nitrogens is 1. The molecule has 1 heterocycles. The van der Waals surface area contributed by atoms with Gasteiger partial charge in [0.25, 0.3) is 0 Å². The molecule has 1 N–H and O–H groups in total. The largest absolute Gasteiger partial charge is 0.380 e. The first kappa shape index (κ1) is 15.9. The van der Waals surface area contributed by atoms with Crippen molar-refractivity contribution in [3.8, 4) is 0 Å². The Kier molecular flexibility index (Phi) is 6.25. The van der Waals surface area contributed by atoms with Gasteiger partial charge in [-0.25, -0.2) is 4.98 Å². The summed E-state index contributed by atoms with van der Waals surface area (Å²) in [5, 5.41) is 3.46. The summed E-state index contributed by atoms with van der Waals surface area (Å²) in [6.45, 7) is 11.7. The third kappa shape index (κ3) is 6.55. The number of nitrogens with zero attached hydrogens (tertiary/aromatic N) is 2. The third-order valence-electron chi connectivity index (χ3n) is 2.80. The average molecular weight is 265 g/mol. The zero-order valence-corrected chi connectivity index (χ0v) is 12.9. The number of rotatable bonds is 7. The Morgan fingerprint density at radius 3 is 2.58 bits per heavy atom. The molecule has 0 spiro atoms. The third-order valence-corrected chi connectivity index (χ3v) is 2.80. The van der Waals surface area contributed by atoms with Crippen molar-refractivity contribution in [1.29, 1.82) is 0 Å². The highest BCUT2D eigenvalue weighted by Crippen LogP contribution is 2.10. The van der Waals surface area contributed by atoms with Gasteiger partial charge in [-0.05, 0) is 39.3 Å².